The predicted molar refractivity (Wildman–Crippen MR) is 105 cm³/mol. The van der Waals surface area contributed by atoms with E-state index in [4.69, 9.17) is 0 Å². The van der Waals surface area contributed by atoms with E-state index in [1.54, 1.807) is 0 Å². The second kappa shape index (κ2) is 6.67. The van der Waals surface area contributed by atoms with Gasteiger partial charge in [0.2, 0.25) is 0 Å². The molecule has 1 unspecified atom stereocenters. The van der Waals surface area contributed by atoms with Gasteiger partial charge in [-0.05, 0) is 36.1 Å². The predicted octanol–water partition coefficient (Wildman–Crippen LogP) is 4.30. The zero-order valence-corrected chi connectivity index (χ0v) is 15.2. The molecule has 25 heavy (non-hydrogen) atoms. The van der Waals surface area contributed by atoms with E-state index in [1.807, 2.05) is 0 Å². The van der Waals surface area contributed by atoms with Crippen molar-refractivity contribution < 1.29 is 0 Å². The molecule has 0 saturated carbocycles. The molecule has 1 atom stereocenters. The van der Waals surface area contributed by atoms with Gasteiger partial charge in [-0.2, -0.15) is 0 Å². The number of hydrogen-bond acceptors (Lipinski definition) is 3. The van der Waals surface area contributed by atoms with Crippen molar-refractivity contribution in [2.45, 2.75) is 32.2 Å². The first-order chi connectivity index (χ1) is 12.0. The Morgan fingerprint density at radius 3 is 2.44 bits per heavy atom. The Morgan fingerprint density at radius 1 is 1.12 bits per heavy atom. The summed E-state index contributed by atoms with van der Waals surface area (Å²) in [4.78, 5) is 2.17. The van der Waals surface area contributed by atoms with E-state index in [0.717, 1.165) is 30.1 Å². The second-order valence-corrected chi connectivity index (χ2v) is 6.83. The lowest BCUT2D eigenvalue weighted by atomic mass is 9.86. The number of hydrogen-bond donors (Lipinski definition) is 2. The van der Waals surface area contributed by atoms with E-state index >= 15 is 0 Å². The van der Waals surface area contributed by atoms with Gasteiger partial charge in [0.05, 0.1) is 12.4 Å². The third-order valence-corrected chi connectivity index (χ3v) is 4.99. The summed E-state index contributed by atoms with van der Waals surface area (Å²) >= 11 is 0. The summed E-state index contributed by atoms with van der Waals surface area (Å²) in [6.45, 7) is 17.5. The molecule has 1 fully saturated rings. The van der Waals surface area contributed by atoms with Crippen LogP contribution in [0.25, 0.3) is 0 Å². The molecule has 1 aromatic rings. The van der Waals surface area contributed by atoms with E-state index in [1.165, 1.54) is 16.7 Å². The minimum atomic E-state index is -0.438. The van der Waals surface area contributed by atoms with Gasteiger partial charge in [0.25, 0.3) is 0 Å². The van der Waals surface area contributed by atoms with Crippen molar-refractivity contribution in [2.75, 3.05) is 6.54 Å². The SMILES string of the molecule is C=C1NC(=C)C(CN2C=CC=C(C)C2=C)(c2ccc(CCC)cc2)N1. The first-order valence-corrected chi connectivity index (χ1v) is 8.80. The van der Waals surface area contributed by atoms with Gasteiger partial charge in [-0.3, -0.25) is 0 Å². The molecule has 0 bridgehead atoms. The first-order valence-electron chi connectivity index (χ1n) is 8.80. The fourth-order valence-corrected chi connectivity index (χ4v) is 3.48. The molecule has 130 valence electrons. The van der Waals surface area contributed by atoms with Crippen LogP contribution in [-0.4, -0.2) is 11.4 Å². The molecule has 2 N–H and O–H groups in total. The summed E-state index contributed by atoms with van der Waals surface area (Å²) in [5.74, 6) is 0.779. The van der Waals surface area contributed by atoms with Crippen LogP contribution in [0, 0.1) is 0 Å². The van der Waals surface area contributed by atoms with Gasteiger partial charge in [0.15, 0.2) is 0 Å². The van der Waals surface area contributed by atoms with Crippen molar-refractivity contribution in [3.63, 3.8) is 0 Å². The molecular formula is C22H27N3. The van der Waals surface area contributed by atoms with Crippen molar-refractivity contribution in [3.05, 3.63) is 96.3 Å². The maximum atomic E-state index is 4.27. The minimum Gasteiger partial charge on any atom is -0.356 e. The van der Waals surface area contributed by atoms with E-state index in [0.29, 0.717) is 6.54 Å². The lowest BCUT2D eigenvalue weighted by Gasteiger charge is -2.37. The lowest BCUT2D eigenvalue weighted by Crippen LogP contribution is -2.46. The standard InChI is InChI=1S/C22H27N3/c1-6-8-20-10-12-21(13-11-20)22(18(4)23-19(5)24-22)15-25-14-7-9-16(2)17(25)3/h7,9-14,23-24H,3-6,8,15H2,1-2H3. The van der Waals surface area contributed by atoms with Crippen LogP contribution in [0.3, 0.4) is 0 Å². The highest BCUT2D eigenvalue weighted by Crippen LogP contribution is 2.36. The molecule has 3 nitrogen and oxygen atoms in total. The first kappa shape index (κ1) is 17.2. The van der Waals surface area contributed by atoms with Crippen LogP contribution in [0.4, 0.5) is 0 Å². The summed E-state index contributed by atoms with van der Waals surface area (Å²) in [7, 11) is 0. The van der Waals surface area contributed by atoms with E-state index < -0.39 is 5.54 Å². The highest BCUT2D eigenvalue weighted by Gasteiger charge is 2.42. The van der Waals surface area contributed by atoms with Gasteiger partial charge < -0.3 is 15.5 Å². The molecule has 3 heteroatoms. The highest BCUT2D eigenvalue weighted by atomic mass is 15.3. The topological polar surface area (TPSA) is 27.3 Å². The van der Waals surface area contributed by atoms with Gasteiger partial charge in [-0.15, -0.1) is 0 Å². The zero-order valence-electron chi connectivity index (χ0n) is 15.2. The molecular weight excluding hydrogens is 306 g/mol. The summed E-state index contributed by atoms with van der Waals surface area (Å²) in [6, 6.07) is 8.82. The quantitative estimate of drug-likeness (QED) is 0.841. The molecule has 0 radical (unpaired) electrons. The Bertz CT molecular complexity index is 767. The molecule has 0 aromatic heterocycles. The minimum absolute atomic E-state index is 0.438. The zero-order chi connectivity index (χ0) is 18.0. The van der Waals surface area contributed by atoms with Crippen molar-refractivity contribution in [1.29, 1.82) is 0 Å². The number of nitrogens with zero attached hydrogens (tertiary/aromatic N) is 1. The van der Waals surface area contributed by atoms with Crippen LogP contribution in [0.15, 0.2) is 85.1 Å². The van der Waals surface area contributed by atoms with Crippen LogP contribution in [-0.2, 0) is 12.0 Å². The van der Waals surface area contributed by atoms with E-state index in [2.05, 4.69) is 91.7 Å². The molecule has 0 aliphatic carbocycles. The molecule has 2 aliphatic heterocycles. The van der Waals surface area contributed by atoms with Gasteiger partial charge in [0, 0.05) is 17.6 Å². The summed E-state index contributed by atoms with van der Waals surface area (Å²) < 4.78 is 0. The third-order valence-electron chi connectivity index (χ3n) is 4.99. The Hall–Kier alpha value is -2.68. The smallest absolute Gasteiger partial charge is 0.122 e. The average molecular weight is 333 g/mol. The van der Waals surface area contributed by atoms with Crippen LogP contribution in [0.2, 0.25) is 0 Å². The Balaban J connectivity index is 1.96. The molecule has 1 aromatic carbocycles. The summed E-state index contributed by atoms with van der Waals surface area (Å²) in [5, 5.41) is 6.79. The van der Waals surface area contributed by atoms with Crippen molar-refractivity contribution in [2.24, 2.45) is 0 Å². The molecule has 0 spiro atoms. The lowest BCUT2D eigenvalue weighted by molar-refractivity contribution is 0.334. The van der Waals surface area contributed by atoms with Crippen LogP contribution < -0.4 is 10.6 Å². The Morgan fingerprint density at radius 2 is 1.84 bits per heavy atom. The van der Waals surface area contributed by atoms with Crippen molar-refractivity contribution in [1.82, 2.24) is 15.5 Å². The molecule has 1 saturated heterocycles. The van der Waals surface area contributed by atoms with Gasteiger partial charge in [0.1, 0.15) is 5.54 Å². The van der Waals surface area contributed by atoms with Gasteiger partial charge in [-0.25, -0.2) is 0 Å². The van der Waals surface area contributed by atoms with E-state index in [9.17, 15) is 0 Å². The van der Waals surface area contributed by atoms with E-state index in [-0.39, 0.29) is 0 Å². The third kappa shape index (κ3) is 3.14. The largest absolute Gasteiger partial charge is 0.356 e. The number of allylic oxidation sites excluding steroid dienone is 3. The van der Waals surface area contributed by atoms with Crippen LogP contribution >= 0.6 is 0 Å². The van der Waals surface area contributed by atoms with Gasteiger partial charge >= 0.3 is 0 Å². The Kier molecular flexibility index (Phi) is 4.58. The maximum Gasteiger partial charge on any atom is 0.122 e. The highest BCUT2D eigenvalue weighted by molar-refractivity contribution is 5.44. The number of benzene rings is 1. The average Bonchev–Trinajstić information content (AvgIpc) is 2.87. The fourth-order valence-electron chi connectivity index (χ4n) is 3.48. The number of rotatable bonds is 5. The van der Waals surface area contributed by atoms with Crippen molar-refractivity contribution >= 4 is 0 Å². The molecule has 3 rings (SSSR count). The van der Waals surface area contributed by atoms with Gasteiger partial charge in [-0.1, -0.05) is 63.4 Å². The molecule has 2 aliphatic rings. The molecule has 0 amide bonds. The van der Waals surface area contributed by atoms with Crippen LogP contribution in [0.1, 0.15) is 31.4 Å². The molecule has 2 heterocycles. The van der Waals surface area contributed by atoms with Crippen molar-refractivity contribution in [3.8, 4) is 0 Å². The van der Waals surface area contributed by atoms with Crippen LogP contribution in [0.5, 0.6) is 0 Å². The fraction of sp³-hybridized carbons (Fsp3) is 0.273. The monoisotopic (exact) mass is 333 g/mol. The number of nitrogens with one attached hydrogen (secondary N) is 2. The normalized spacial score (nSPS) is 22.7. The summed E-state index contributed by atoms with van der Waals surface area (Å²) in [5.41, 5.74) is 5.19. The summed E-state index contributed by atoms with van der Waals surface area (Å²) in [6.07, 6.45) is 8.46. The second-order valence-electron chi connectivity index (χ2n) is 6.83. The Labute approximate surface area is 151 Å². The maximum absolute atomic E-state index is 4.27. The number of aryl methyl sites for hydroxylation is 1.